The van der Waals surface area contributed by atoms with Gasteiger partial charge in [-0.3, -0.25) is 20.4 Å². The lowest BCUT2D eigenvalue weighted by atomic mass is 10.1. The van der Waals surface area contributed by atoms with Gasteiger partial charge in [0.25, 0.3) is 0 Å². The number of amides is 2. The average molecular weight is 250 g/mol. The van der Waals surface area contributed by atoms with Crippen molar-refractivity contribution >= 4 is 11.8 Å². The molecule has 0 aliphatic heterocycles. The number of allylic oxidation sites excluding steroid dienone is 2. The topological polar surface area (TPSA) is 58.2 Å². The van der Waals surface area contributed by atoms with Crippen LogP contribution in [0.4, 0.5) is 0 Å². The predicted octanol–water partition coefficient (Wildman–Crippen LogP) is 1.78. The van der Waals surface area contributed by atoms with Crippen LogP contribution < -0.4 is 10.9 Å². The van der Waals surface area contributed by atoms with Crippen LogP contribution >= 0.6 is 0 Å². The van der Waals surface area contributed by atoms with Crippen LogP contribution in [-0.2, 0) is 9.59 Å². The first kappa shape index (κ1) is 13.1. The molecule has 0 spiro atoms. The van der Waals surface area contributed by atoms with E-state index in [1.54, 1.807) is 0 Å². The lowest BCUT2D eigenvalue weighted by molar-refractivity contribution is -0.130. The summed E-state index contributed by atoms with van der Waals surface area (Å²) in [5.74, 6) is 0.232. The van der Waals surface area contributed by atoms with Gasteiger partial charge in [-0.05, 0) is 38.0 Å². The van der Waals surface area contributed by atoms with E-state index in [1.165, 1.54) is 5.57 Å². The highest BCUT2D eigenvalue weighted by molar-refractivity contribution is 5.87. The van der Waals surface area contributed by atoms with E-state index in [-0.39, 0.29) is 35.0 Å². The zero-order chi connectivity index (χ0) is 13.5. The molecule has 2 amide bonds. The SMILES string of the molecule is CC(C)=CC1C(C(=O)NNC(=O)C2CC2)C1(C)C. The van der Waals surface area contributed by atoms with Crippen molar-refractivity contribution in [3.05, 3.63) is 11.6 Å². The van der Waals surface area contributed by atoms with E-state index in [4.69, 9.17) is 0 Å². The standard InChI is InChI=1S/C14H22N2O2/c1-8(2)7-10-11(14(10,3)4)13(18)16-15-12(17)9-5-6-9/h7,9-11H,5-6H2,1-4H3,(H,15,17)(H,16,18). The zero-order valence-electron chi connectivity index (χ0n) is 11.5. The molecule has 2 N–H and O–H groups in total. The van der Waals surface area contributed by atoms with E-state index in [0.717, 1.165) is 12.8 Å². The van der Waals surface area contributed by atoms with Crippen LogP contribution in [0.15, 0.2) is 11.6 Å². The van der Waals surface area contributed by atoms with Gasteiger partial charge in [-0.2, -0.15) is 0 Å². The van der Waals surface area contributed by atoms with Gasteiger partial charge in [-0.1, -0.05) is 25.5 Å². The molecule has 4 heteroatoms. The third-order valence-electron chi connectivity index (χ3n) is 3.96. The van der Waals surface area contributed by atoms with Gasteiger partial charge in [0.2, 0.25) is 11.8 Å². The zero-order valence-corrected chi connectivity index (χ0v) is 11.5. The minimum atomic E-state index is -0.0727. The molecule has 0 radical (unpaired) electrons. The molecule has 0 bridgehead atoms. The number of rotatable bonds is 3. The second-order valence-electron chi connectivity index (χ2n) is 6.32. The fourth-order valence-electron chi connectivity index (χ4n) is 2.50. The minimum Gasteiger partial charge on any atom is -0.273 e. The Morgan fingerprint density at radius 2 is 1.67 bits per heavy atom. The Bertz CT molecular complexity index is 404. The van der Waals surface area contributed by atoms with Gasteiger partial charge in [-0.15, -0.1) is 0 Å². The van der Waals surface area contributed by atoms with Gasteiger partial charge in [0.1, 0.15) is 0 Å². The molecule has 0 heterocycles. The van der Waals surface area contributed by atoms with Crippen LogP contribution in [-0.4, -0.2) is 11.8 Å². The first-order chi connectivity index (χ1) is 8.34. The Morgan fingerprint density at radius 3 is 2.17 bits per heavy atom. The number of carbonyl (C=O) groups excluding carboxylic acids is 2. The van der Waals surface area contributed by atoms with Gasteiger partial charge in [-0.25, -0.2) is 0 Å². The molecule has 0 aromatic heterocycles. The molecule has 0 aromatic carbocycles. The lowest BCUT2D eigenvalue weighted by Gasteiger charge is -2.07. The van der Waals surface area contributed by atoms with Crippen molar-refractivity contribution in [2.24, 2.45) is 23.2 Å². The Balaban J connectivity index is 1.86. The number of hydrogen-bond donors (Lipinski definition) is 2. The lowest BCUT2D eigenvalue weighted by Crippen LogP contribution is -2.43. The van der Waals surface area contributed by atoms with E-state index in [2.05, 4.69) is 30.8 Å². The quantitative estimate of drug-likeness (QED) is 0.592. The Hall–Kier alpha value is -1.32. The van der Waals surface area contributed by atoms with Crippen molar-refractivity contribution in [3.8, 4) is 0 Å². The molecule has 2 fully saturated rings. The van der Waals surface area contributed by atoms with Gasteiger partial charge in [0, 0.05) is 5.92 Å². The summed E-state index contributed by atoms with van der Waals surface area (Å²) >= 11 is 0. The fourth-order valence-corrected chi connectivity index (χ4v) is 2.50. The summed E-state index contributed by atoms with van der Waals surface area (Å²) in [5, 5.41) is 0. The normalized spacial score (nSPS) is 28.2. The van der Waals surface area contributed by atoms with Crippen LogP contribution in [0.25, 0.3) is 0 Å². The first-order valence-corrected chi connectivity index (χ1v) is 6.58. The minimum absolute atomic E-state index is 0.00827. The third-order valence-corrected chi connectivity index (χ3v) is 3.96. The van der Waals surface area contributed by atoms with Crippen LogP contribution in [0.3, 0.4) is 0 Å². The van der Waals surface area contributed by atoms with Crippen LogP contribution in [0.2, 0.25) is 0 Å². The van der Waals surface area contributed by atoms with Crippen LogP contribution in [0.5, 0.6) is 0 Å². The summed E-state index contributed by atoms with van der Waals surface area (Å²) in [4.78, 5) is 23.4. The van der Waals surface area contributed by atoms with Crippen molar-refractivity contribution in [1.29, 1.82) is 0 Å². The van der Waals surface area contributed by atoms with E-state index in [1.807, 2.05) is 13.8 Å². The van der Waals surface area contributed by atoms with Gasteiger partial charge in [0.15, 0.2) is 0 Å². The van der Waals surface area contributed by atoms with E-state index in [0.29, 0.717) is 0 Å². The van der Waals surface area contributed by atoms with Crippen LogP contribution in [0, 0.1) is 23.2 Å². The van der Waals surface area contributed by atoms with Crippen molar-refractivity contribution in [3.63, 3.8) is 0 Å². The molecular weight excluding hydrogens is 228 g/mol. The largest absolute Gasteiger partial charge is 0.273 e. The summed E-state index contributed by atoms with van der Waals surface area (Å²) in [7, 11) is 0. The maximum Gasteiger partial charge on any atom is 0.242 e. The molecule has 2 unspecified atom stereocenters. The molecule has 0 saturated heterocycles. The number of nitrogens with one attached hydrogen (secondary N) is 2. The highest BCUT2D eigenvalue weighted by atomic mass is 16.2. The van der Waals surface area contributed by atoms with E-state index < -0.39 is 0 Å². The average Bonchev–Trinajstić information content (AvgIpc) is 3.13. The fraction of sp³-hybridized carbons (Fsp3) is 0.714. The number of hydrogen-bond acceptors (Lipinski definition) is 2. The Morgan fingerprint density at radius 1 is 1.11 bits per heavy atom. The highest BCUT2D eigenvalue weighted by Crippen LogP contribution is 2.59. The second-order valence-corrected chi connectivity index (χ2v) is 6.32. The summed E-state index contributed by atoms with van der Waals surface area (Å²) in [5.41, 5.74) is 6.29. The molecule has 0 aromatic rings. The second kappa shape index (κ2) is 4.41. The molecule has 2 saturated carbocycles. The summed E-state index contributed by atoms with van der Waals surface area (Å²) in [6, 6.07) is 0. The van der Waals surface area contributed by atoms with Crippen LogP contribution in [0.1, 0.15) is 40.5 Å². The summed E-state index contributed by atoms with van der Waals surface area (Å²) < 4.78 is 0. The molecule has 18 heavy (non-hydrogen) atoms. The summed E-state index contributed by atoms with van der Waals surface area (Å²) in [6.07, 6.45) is 4.03. The maximum atomic E-state index is 12.0. The smallest absolute Gasteiger partial charge is 0.242 e. The number of hydrazine groups is 1. The molecule has 100 valence electrons. The Kier molecular flexibility index (Phi) is 3.21. The third kappa shape index (κ3) is 2.57. The maximum absolute atomic E-state index is 12.0. The van der Waals surface area contributed by atoms with Crippen molar-refractivity contribution < 1.29 is 9.59 Å². The molecule has 2 aliphatic rings. The first-order valence-electron chi connectivity index (χ1n) is 6.58. The van der Waals surface area contributed by atoms with Gasteiger partial charge >= 0.3 is 0 Å². The van der Waals surface area contributed by atoms with E-state index in [9.17, 15) is 9.59 Å². The molecule has 2 rings (SSSR count). The highest BCUT2D eigenvalue weighted by Gasteiger charge is 2.60. The Labute approximate surface area is 108 Å². The molecular formula is C14H22N2O2. The molecule has 4 nitrogen and oxygen atoms in total. The molecule has 2 aliphatic carbocycles. The van der Waals surface area contributed by atoms with Crippen molar-refractivity contribution in [2.45, 2.75) is 40.5 Å². The number of carbonyl (C=O) groups is 2. The summed E-state index contributed by atoms with van der Waals surface area (Å²) in [6.45, 7) is 8.25. The monoisotopic (exact) mass is 250 g/mol. The van der Waals surface area contributed by atoms with Gasteiger partial charge < -0.3 is 0 Å². The van der Waals surface area contributed by atoms with Crippen molar-refractivity contribution in [2.75, 3.05) is 0 Å². The molecule has 2 atom stereocenters. The van der Waals surface area contributed by atoms with Gasteiger partial charge in [0.05, 0.1) is 5.92 Å². The van der Waals surface area contributed by atoms with E-state index >= 15 is 0 Å². The van der Waals surface area contributed by atoms with Crippen molar-refractivity contribution in [1.82, 2.24) is 10.9 Å². The predicted molar refractivity (Wildman–Crippen MR) is 69.2 cm³/mol.